The highest BCUT2D eigenvalue weighted by Crippen LogP contribution is 2.42. The quantitative estimate of drug-likeness (QED) is 0.241. The third-order valence-electron chi connectivity index (χ3n) is 3.33. The van der Waals surface area contributed by atoms with Gasteiger partial charge < -0.3 is 20.4 Å². The van der Waals surface area contributed by atoms with Crippen LogP contribution in [0.25, 0.3) is 0 Å². The Bertz CT molecular complexity index is 368. The van der Waals surface area contributed by atoms with Gasteiger partial charge in [-0.1, -0.05) is 45.4 Å². The molecule has 0 saturated heterocycles. The standard InChI is InChI=1S/C15H32NO7P/c1-2-3-4-5-6-7-8-9-15(19)16-10-11-22-24(20,21)23-13-14(18)12-17/h14,17-18H,2-13H2,1H3,(H,16,19)(H,20,21). The SMILES string of the molecule is CCCCCCCCCC(=O)NCCOP(=O)(O)OCC(O)CO. The predicted octanol–water partition coefficient (Wildman–Crippen LogP) is 1.73. The van der Waals surface area contributed by atoms with Gasteiger partial charge in [0.15, 0.2) is 0 Å². The Kier molecular flexibility index (Phi) is 14.5. The van der Waals surface area contributed by atoms with Crippen LogP contribution in [0.1, 0.15) is 58.3 Å². The van der Waals surface area contributed by atoms with E-state index in [0.29, 0.717) is 6.42 Å². The highest BCUT2D eigenvalue weighted by Gasteiger charge is 2.22. The number of hydrogen-bond acceptors (Lipinski definition) is 6. The van der Waals surface area contributed by atoms with Gasteiger partial charge >= 0.3 is 7.82 Å². The summed E-state index contributed by atoms with van der Waals surface area (Å²) in [7, 11) is -4.28. The molecule has 24 heavy (non-hydrogen) atoms. The highest BCUT2D eigenvalue weighted by atomic mass is 31.2. The molecule has 0 aliphatic carbocycles. The highest BCUT2D eigenvalue weighted by molar-refractivity contribution is 7.47. The zero-order chi connectivity index (χ0) is 18.3. The van der Waals surface area contributed by atoms with Crippen molar-refractivity contribution in [2.45, 2.75) is 64.4 Å². The number of rotatable bonds is 16. The van der Waals surface area contributed by atoms with Gasteiger partial charge in [0.25, 0.3) is 0 Å². The zero-order valence-corrected chi connectivity index (χ0v) is 15.4. The van der Waals surface area contributed by atoms with E-state index in [9.17, 15) is 14.3 Å². The molecule has 0 saturated carbocycles. The molecule has 0 aliphatic heterocycles. The minimum atomic E-state index is -4.28. The van der Waals surface area contributed by atoms with Crippen LogP contribution in [0.4, 0.5) is 0 Å². The van der Waals surface area contributed by atoms with Crippen LogP contribution < -0.4 is 5.32 Å². The normalized spacial score (nSPS) is 15.0. The molecule has 0 rings (SSSR count). The molecule has 0 fully saturated rings. The lowest BCUT2D eigenvalue weighted by Gasteiger charge is -2.14. The van der Waals surface area contributed by atoms with E-state index in [4.69, 9.17) is 10.2 Å². The van der Waals surface area contributed by atoms with E-state index < -0.39 is 27.1 Å². The van der Waals surface area contributed by atoms with Crippen molar-refractivity contribution in [1.29, 1.82) is 0 Å². The first-order chi connectivity index (χ1) is 11.4. The van der Waals surface area contributed by atoms with Gasteiger partial charge in [-0.05, 0) is 6.42 Å². The average Bonchev–Trinajstić information content (AvgIpc) is 2.56. The maximum atomic E-state index is 11.6. The average molecular weight is 369 g/mol. The van der Waals surface area contributed by atoms with Crippen molar-refractivity contribution in [2.24, 2.45) is 0 Å². The van der Waals surface area contributed by atoms with Crippen LogP contribution in [0.15, 0.2) is 0 Å². The number of unbranched alkanes of at least 4 members (excludes halogenated alkanes) is 6. The Hall–Kier alpha value is -0.500. The minimum absolute atomic E-state index is 0.103. The molecule has 4 N–H and O–H groups in total. The van der Waals surface area contributed by atoms with E-state index in [0.717, 1.165) is 19.3 Å². The van der Waals surface area contributed by atoms with Crippen LogP contribution in [0, 0.1) is 0 Å². The van der Waals surface area contributed by atoms with Gasteiger partial charge in [-0.15, -0.1) is 0 Å². The molecule has 144 valence electrons. The number of carbonyl (C=O) groups excluding carboxylic acids is 1. The number of carbonyl (C=O) groups is 1. The van der Waals surface area contributed by atoms with Crippen LogP contribution in [0.3, 0.4) is 0 Å². The first kappa shape index (κ1) is 23.5. The van der Waals surface area contributed by atoms with Gasteiger partial charge in [0.05, 0.1) is 19.8 Å². The van der Waals surface area contributed by atoms with Crippen molar-refractivity contribution in [2.75, 3.05) is 26.4 Å². The number of nitrogens with one attached hydrogen (secondary N) is 1. The molecule has 8 nitrogen and oxygen atoms in total. The monoisotopic (exact) mass is 369 g/mol. The van der Waals surface area contributed by atoms with Crippen molar-refractivity contribution in [3.05, 3.63) is 0 Å². The van der Waals surface area contributed by atoms with Crippen molar-refractivity contribution in [3.8, 4) is 0 Å². The maximum absolute atomic E-state index is 11.6. The summed E-state index contributed by atoms with van der Waals surface area (Å²) < 4.78 is 20.5. The Balaban J connectivity index is 3.55. The predicted molar refractivity (Wildman–Crippen MR) is 90.4 cm³/mol. The van der Waals surface area contributed by atoms with Crippen LogP contribution in [-0.2, 0) is 18.4 Å². The molecule has 0 aromatic rings. The first-order valence-electron chi connectivity index (χ1n) is 8.58. The van der Waals surface area contributed by atoms with E-state index in [1.165, 1.54) is 25.7 Å². The fraction of sp³-hybridized carbons (Fsp3) is 0.933. The van der Waals surface area contributed by atoms with E-state index in [1.54, 1.807) is 0 Å². The van der Waals surface area contributed by atoms with Gasteiger partial charge in [-0.3, -0.25) is 13.8 Å². The molecule has 0 aliphatic rings. The van der Waals surface area contributed by atoms with E-state index in [-0.39, 0.29) is 19.1 Å². The van der Waals surface area contributed by atoms with Crippen LogP contribution in [0.2, 0.25) is 0 Å². The zero-order valence-electron chi connectivity index (χ0n) is 14.5. The van der Waals surface area contributed by atoms with Gasteiger partial charge in [0.2, 0.25) is 5.91 Å². The van der Waals surface area contributed by atoms with Crippen LogP contribution >= 0.6 is 7.82 Å². The summed E-state index contributed by atoms with van der Waals surface area (Å²) in [4.78, 5) is 20.9. The Labute approximate surface area is 144 Å². The van der Waals surface area contributed by atoms with Gasteiger partial charge in [0, 0.05) is 13.0 Å². The molecule has 0 spiro atoms. The Morgan fingerprint density at radius 2 is 1.75 bits per heavy atom. The smallest absolute Gasteiger partial charge is 0.394 e. The number of phosphoric ester groups is 1. The summed E-state index contributed by atoms with van der Waals surface area (Å²) in [6.07, 6.45) is 7.13. The molecule has 2 atom stereocenters. The third kappa shape index (κ3) is 15.1. The maximum Gasteiger partial charge on any atom is 0.472 e. The summed E-state index contributed by atoms with van der Waals surface area (Å²) in [5.41, 5.74) is 0. The van der Waals surface area contributed by atoms with Gasteiger partial charge in [-0.2, -0.15) is 0 Å². The summed E-state index contributed by atoms with van der Waals surface area (Å²) in [5, 5.41) is 20.2. The first-order valence-corrected chi connectivity index (χ1v) is 10.1. The number of amides is 1. The minimum Gasteiger partial charge on any atom is -0.394 e. The second-order valence-electron chi connectivity index (χ2n) is 5.66. The molecule has 0 bridgehead atoms. The third-order valence-corrected chi connectivity index (χ3v) is 4.31. The largest absolute Gasteiger partial charge is 0.472 e. The second-order valence-corrected chi connectivity index (χ2v) is 7.11. The molecular formula is C15H32NO7P. The molecule has 9 heteroatoms. The van der Waals surface area contributed by atoms with Crippen molar-refractivity contribution in [3.63, 3.8) is 0 Å². The van der Waals surface area contributed by atoms with Crippen molar-refractivity contribution < 1.29 is 33.5 Å². The topological polar surface area (TPSA) is 125 Å². The Morgan fingerprint density at radius 3 is 2.38 bits per heavy atom. The number of phosphoric acid groups is 1. The van der Waals surface area contributed by atoms with Crippen molar-refractivity contribution >= 4 is 13.7 Å². The number of aliphatic hydroxyl groups is 2. The molecule has 0 aromatic heterocycles. The molecule has 0 heterocycles. The van der Waals surface area contributed by atoms with Gasteiger partial charge in [-0.25, -0.2) is 4.57 Å². The molecule has 1 amide bonds. The lowest BCUT2D eigenvalue weighted by Crippen LogP contribution is -2.27. The summed E-state index contributed by atoms with van der Waals surface area (Å²) in [6, 6.07) is 0. The molecular weight excluding hydrogens is 337 g/mol. The Morgan fingerprint density at radius 1 is 1.12 bits per heavy atom. The summed E-state index contributed by atoms with van der Waals surface area (Å²) in [5.74, 6) is -0.114. The molecule has 0 radical (unpaired) electrons. The number of hydrogen-bond donors (Lipinski definition) is 4. The van der Waals surface area contributed by atoms with E-state index in [2.05, 4.69) is 21.3 Å². The van der Waals surface area contributed by atoms with Crippen LogP contribution in [-0.4, -0.2) is 53.5 Å². The summed E-state index contributed by atoms with van der Waals surface area (Å²) in [6.45, 7) is 1.02. The second kappa shape index (κ2) is 14.8. The van der Waals surface area contributed by atoms with Crippen molar-refractivity contribution in [1.82, 2.24) is 5.32 Å². The van der Waals surface area contributed by atoms with Gasteiger partial charge in [0.1, 0.15) is 6.10 Å². The van der Waals surface area contributed by atoms with E-state index >= 15 is 0 Å². The number of aliphatic hydroxyl groups excluding tert-OH is 2. The molecule has 2 unspecified atom stereocenters. The lowest BCUT2D eigenvalue weighted by molar-refractivity contribution is -0.121. The lowest BCUT2D eigenvalue weighted by atomic mass is 10.1. The fourth-order valence-electron chi connectivity index (χ4n) is 1.95. The summed E-state index contributed by atoms with van der Waals surface area (Å²) >= 11 is 0. The van der Waals surface area contributed by atoms with E-state index in [1.807, 2.05) is 0 Å². The fourth-order valence-corrected chi connectivity index (χ4v) is 2.71. The van der Waals surface area contributed by atoms with Crippen LogP contribution in [0.5, 0.6) is 0 Å². The molecule has 0 aromatic carbocycles.